The SMILES string of the molecule is CC(=N)Cc1nc(CCl)ns1. The van der Waals surface area contributed by atoms with Crippen molar-refractivity contribution in [3.8, 4) is 0 Å². The number of halogens is 1. The highest BCUT2D eigenvalue weighted by Gasteiger charge is 2.02. The van der Waals surface area contributed by atoms with Crippen molar-refractivity contribution in [1.82, 2.24) is 9.36 Å². The third-order valence-corrected chi connectivity index (χ3v) is 2.03. The maximum atomic E-state index is 7.20. The van der Waals surface area contributed by atoms with Crippen LogP contribution < -0.4 is 0 Å². The van der Waals surface area contributed by atoms with Crippen LogP contribution in [-0.4, -0.2) is 15.1 Å². The van der Waals surface area contributed by atoms with Gasteiger partial charge in [0.1, 0.15) is 5.01 Å². The zero-order valence-electron chi connectivity index (χ0n) is 6.09. The molecule has 1 rings (SSSR count). The average Bonchev–Trinajstić information content (AvgIpc) is 2.34. The van der Waals surface area contributed by atoms with Crippen LogP contribution in [0.1, 0.15) is 17.8 Å². The van der Waals surface area contributed by atoms with Gasteiger partial charge in [0.25, 0.3) is 0 Å². The lowest BCUT2D eigenvalue weighted by Gasteiger charge is -1.88. The van der Waals surface area contributed by atoms with Gasteiger partial charge in [0.05, 0.1) is 5.88 Å². The molecule has 0 unspecified atom stereocenters. The molecule has 60 valence electrons. The summed E-state index contributed by atoms with van der Waals surface area (Å²) < 4.78 is 3.99. The van der Waals surface area contributed by atoms with Crippen LogP contribution in [0.3, 0.4) is 0 Å². The molecule has 1 N–H and O–H groups in total. The lowest BCUT2D eigenvalue weighted by molar-refractivity contribution is 1.08. The summed E-state index contributed by atoms with van der Waals surface area (Å²) in [7, 11) is 0. The molecule has 1 aromatic heterocycles. The van der Waals surface area contributed by atoms with E-state index in [1.165, 1.54) is 11.5 Å². The van der Waals surface area contributed by atoms with Crippen LogP contribution in [0.5, 0.6) is 0 Å². The number of alkyl halides is 1. The molecule has 0 atom stereocenters. The summed E-state index contributed by atoms with van der Waals surface area (Å²) in [6, 6.07) is 0. The van der Waals surface area contributed by atoms with Crippen molar-refractivity contribution in [2.75, 3.05) is 0 Å². The van der Waals surface area contributed by atoms with Gasteiger partial charge < -0.3 is 5.41 Å². The standard InChI is InChI=1S/C6H8ClN3S/c1-4(8)2-6-9-5(3-7)10-11-6/h8H,2-3H2,1H3. The summed E-state index contributed by atoms with van der Waals surface area (Å²) in [6.45, 7) is 1.75. The molecular weight excluding hydrogens is 182 g/mol. The summed E-state index contributed by atoms with van der Waals surface area (Å²) in [5, 5.41) is 8.07. The van der Waals surface area contributed by atoms with Gasteiger partial charge in [-0.3, -0.25) is 0 Å². The molecule has 11 heavy (non-hydrogen) atoms. The minimum Gasteiger partial charge on any atom is -0.310 e. The van der Waals surface area contributed by atoms with Crippen molar-refractivity contribution in [3.05, 3.63) is 10.8 Å². The van der Waals surface area contributed by atoms with E-state index in [9.17, 15) is 0 Å². The van der Waals surface area contributed by atoms with Crippen molar-refractivity contribution in [3.63, 3.8) is 0 Å². The highest BCUT2D eigenvalue weighted by Crippen LogP contribution is 2.07. The number of nitrogens with one attached hydrogen (secondary N) is 1. The van der Waals surface area contributed by atoms with Gasteiger partial charge in [-0.2, -0.15) is 4.37 Å². The lowest BCUT2D eigenvalue weighted by Crippen LogP contribution is -1.94. The second kappa shape index (κ2) is 3.78. The molecule has 0 fully saturated rings. The third kappa shape index (κ3) is 2.55. The largest absolute Gasteiger partial charge is 0.310 e. The molecule has 0 saturated carbocycles. The van der Waals surface area contributed by atoms with Crippen LogP contribution in [0.2, 0.25) is 0 Å². The van der Waals surface area contributed by atoms with Gasteiger partial charge in [0, 0.05) is 12.1 Å². The Balaban J connectivity index is 2.65. The highest BCUT2D eigenvalue weighted by molar-refractivity contribution is 7.05. The number of hydrogen-bond donors (Lipinski definition) is 1. The van der Waals surface area contributed by atoms with Gasteiger partial charge in [0.15, 0.2) is 5.82 Å². The number of rotatable bonds is 3. The first-order chi connectivity index (χ1) is 5.22. The van der Waals surface area contributed by atoms with Crippen LogP contribution in [0, 0.1) is 5.41 Å². The lowest BCUT2D eigenvalue weighted by atomic mass is 10.3. The Kier molecular flexibility index (Phi) is 2.96. The van der Waals surface area contributed by atoms with Crippen molar-refractivity contribution < 1.29 is 0 Å². The second-order valence-electron chi connectivity index (χ2n) is 2.20. The fourth-order valence-corrected chi connectivity index (χ4v) is 1.58. The average molecular weight is 190 g/mol. The Hall–Kier alpha value is -0.480. The molecule has 0 bridgehead atoms. The minimum absolute atomic E-state index is 0.355. The molecule has 0 spiro atoms. The quantitative estimate of drug-likeness (QED) is 0.583. The van der Waals surface area contributed by atoms with Crippen LogP contribution in [0.15, 0.2) is 0 Å². The van der Waals surface area contributed by atoms with Crippen molar-refractivity contribution in [2.24, 2.45) is 0 Å². The van der Waals surface area contributed by atoms with E-state index in [1.807, 2.05) is 0 Å². The Labute approximate surface area is 74.1 Å². The van der Waals surface area contributed by atoms with E-state index < -0.39 is 0 Å². The van der Waals surface area contributed by atoms with E-state index in [0.717, 1.165) is 5.01 Å². The molecule has 0 amide bonds. The predicted molar refractivity (Wildman–Crippen MR) is 46.6 cm³/mol. The molecule has 0 aliphatic carbocycles. The predicted octanol–water partition coefficient (Wildman–Crippen LogP) is 1.86. The molecular formula is C6H8ClN3S. The van der Waals surface area contributed by atoms with Gasteiger partial charge in [-0.15, -0.1) is 11.6 Å². The molecule has 0 aromatic carbocycles. The molecule has 0 aliphatic rings. The van der Waals surface area contributed by atoms with E-state index in [2.05, 4.69) is 9.36 Å². The Morgan fingerprint density at radius 1 is 1.73 bits per heavy atom. The van der Waals surface area contributed by atoms with Crippen LogP contribution in [-0.2, 0) is 12.3 Å². The van der Waals surface area contributed by atoms with Gasteiger partial charge in [-0.25, -0.2) is 4.98 Å². The first-order valence-corrected chi connectivity index (χ1v) is 4.44. The molecule has 1 heterocycles. The topological polar surface area (TPSA) is 49.6 Å². The number of hydrogen-bond acceptors (Lipinski definition) is 4. The molecule has 0 radical (unpaired) electrons. The normalized spacial score (nSPS) is 10.0. The first kappa shape index (κ1) is 8.62. The second-order valence-corrected chi connectivity index (χ2v) is 3.30. The summed E-state index contributed by atoms with van der Waals surface area (Å²) in [5.41, 5.74) is 0.599. The zero-order chi connectivity index (χ0) is 8.27. The van der Waals surface area contributed by atoms with Crippen molar-refractivity contribution in [1.29, 1.82) is 5.41 Å². The Bertz CT molecular complexity index is 258. The molecule has 3 nitrogen and oxygen atoms in total. The van der Waals surface area contributed by atoms with E-state index in [-0.39, 0.29) is 0 Å². The number of nitrogens with zero attached hydrogens (tertiary/aromatic N) is 2. The summed E-state index contributed by atoms with van der Waals surface area (Å²) in [6.07, 6.45) is 0.592. The monoisotopic (exact) mass is 189 g/mol. The Morgan fingerprint density at radius 2 is 2.45 bits per heavy atom. The zero-order valence-corrected chi connectivity index (χ0v) is 7.67. The maximum Gasteiger partial charge on any atom is 0.157 e. The molecule has 0 saturated heterocycles. The van der Waals surface area contributed by atoms with E-state index in [0.29, 0.717) is 23.8 Å². The van der Waals surface area contributed by atoms with Crippen molar-refractivity contribution >= 4 is 28.8 Å². The third-order valence-electron chi connectivity index (χ3n) is 1.05. The summed E-state index contributed by atoms with van der Waals surface area (Å²) in [4.78, 5) is 4.10. The molecule has 1 aromatic rings. The first-order valence-electron chi connectivity index (χ1n) is 3.14. The number of aromatic nitrogens is 2. The van der Waals surface area contributed by atoms with E-state index >= 15 is 0 Å². The van der Waals surface area contributed by atoms with E-state index in [1.54, 1.807) is 6.92 Å². The van der Waals surface area contributed by atoms with Gasteiger partial charge >= 0.3 is 0 Å². The smallest absolute Gasteiger partial charge is 0.157 e. The van der Waals surface area contributed by atoms with E-state index in [4.69, 9.17) is 17.0 Å². The minimum atomic E-state index is 0.355. The fraction of sp³-hybridized carbons (Fsp3) is 0.500. The van der Waals surface area contributed by atoms with Gasteiger partial charge in [0.2, 0.25) is 0 Å². The molecule has 0 aliphatic heterocycles. The van der Waals surface area contributed by atoms with Gasteiger partial charge in [-0.05, 0) is 18.5 Å². The van der Waals surface area contributed by atoms with Gasteiger partial charge in [-0.1, -0.05) is 0 Å². The van der Waals surface area contributed by atoms with Crippen molar-refractivity contribution in [2.45, 2.75) is 19.2 Å². The Morgan fingerprint density at radius 3 is 2.91 bits per heavy atom. The summed E-state index contributed by atoms with van der Waals surface area (Å²) in [5.74, 6) is 1.01. The van der Waals surface area contributed by atoms with Crippen LogP contribution in [0.25, 0.3) is 0 Å². The summed E-state index contributed by atoms with van der Waals surface area (Å²) >= 11 is 6.82. The maximum absolute atomic E-state index is 7.20. The highest BCUT2D eigenvalue weighted by atomic mass is 35.5. The molecule has 5 heteroatoms. The fourth-order valence-electron chi connectivity index (χ4n) is 0.643. The van der Waals surface area contributed by atoms with Crippen LogP contribution in [0.4, 0.5) is 0 Å². The van der Waals surface area contributed by atoms with Crippen LogP contribution >= 0.6 is 23.1 Å².